The van der Waals surface area contributed by atoms with Crippen molar-refractivity contribution in [2.45, 2.75) is 6.92 Å². The van der Waals surface area contributed by atoms with E-state index in [-0.39, 0.29) is 18.2 Å². The Balaban J connectivity index is 2.24. The normalized spacial score (nSPS) is 9.58. The molecule has 0 saturated heterocycles. The summed E-state index contributed by atoms with van der Waals surface area (Å²) in [5, 5.41) is 6.32. The summed E-state index contributed by atoms with van der Waals surface area (Å²) in [4.78, 5) is 12.0. The van der Waals surface area contributed by atoms with Crippen LogP contribution in [0.25, 0.3) is 0 Å². The van der Waals surface area contributed by atoms with E-state index in [9.17, 15) is 4.79 Å². The fourth-order valence-corrected chi connectivity index (χ4v) is 1.54. The van der Waals surface area contributed by atoms with Gasteiger partial charge in [-0.15, -0.1) is 0 Å². The molecule has 0 aliphatic rings. The molecule has 0 aliphatic heterocycles. The number of hydrogen-bond donors (Lipinski definition) is 2. The molecule has 1 heterocycles. The van der Waals surface area contributed by atoms with E-state index in [0.717, 1.165) is 0 Å². The number of aryl methyl sites for hydroxylation is 1. The Morgan fingerprint density at radius 2 is 2.26 bits per heavy atom. The van der Waals surface area contributed by atoms with Gasteiger partial charge in [0, 0.05) is 11.1 Å². The van der Waals surface area contributed by atoms with Crippen LogP contribution < -0.4 is 11.1 Å². The lowest BCUT2D eigenvalue weighted by atomic mass is 10.1. The average molecular weight is 255 g/mol. The van der Waals surface area contributed by atoms with Gasteiger partial charge in [-0.25, -0.2) is 0 Å². The molecular weight excluding hydrogens is 242 g/mol. The minimum absolute atomic E-state index is 0.196. The number of nitrogens with one attached hydrogen (secondary N) is 1. The van der Waals surface area contributed by atoms with Crippen molar-refractivity contribution in [3.05, 3.63) is 47.3 Å². The second kappa shape index (κ2) is 5.85. The van der Waals surface area contributed by atoms with E-state index in [2.05, 4.69) is 22.3 Å². The molecule has 96 valence electrons. The summed E-state index contributed by atoms with van der Waals surface area (Å²) >= 11 is 0. The maximum atomic E-state index is 12.0. The van der Waals surface area contributed by atoms with E-state index in [1.165, 1.54) is 6.20 Å². The van der Waals surface area contributed by atoms with Gasteiger partial charge in [-0.3, -0.25) is 4.79 Å². The van der Waals surface area contributed by atoms with Gasteiger partial charge in [0.05, 0.1) is 18.4 Å². The number of rotatable bonds is 2. The Labute approximate surface area is 110 Å². The highest BCUT2D eigenvalue weighted by Crippen LogP contribution is 2.16. The van der Waals surface area contributed by atoms with Gasteiger partial charge in [0.25, 0.3) is 5.91 Å². The van der Waals surface area contributed by atoms with Crippen molar-refractivity contribution >= 4 is 11.6 Å². The van der Waals surface area contributed by atoms with E-state index in [1.807, 2.05) is 18.2 Å². The highest BCUT2D eigenvalue weighted by molar-refractivity contribution is 6.03. The third kappa shape index (κ3) is 3.00. The van der Waals surface area contributed by atoms with Gasteiger partial charge in [0.15, 0.2) is 0 Å². The molecular formula is C14H13N3O2. The van der Waals surface area contributed by atoms with Gasteiger partial charge in [-0.1, -0.05) is 29.1 Å². The number of nitrogens with two attached hydrogens (primary N) is 1. The molecule has 2 rings (SSSR count). The number of carbonyl (C=O) groups excluding carboxylic acids is 1. The van der Waals surface area contributed by atoms with Crippen LogP contribution in [-0.2, 0) is 0 Å². The molecule has 0 atom stereocenters. The van der Waals surface area contributed by atoms with Gasteiger partial charge in [0.1, 0.15) is 0 Å². The first-order valence-electron chi connectivity index (χ1n) is 5.73. The molecule has 5 nitrogen and oxygen atoms in total. The van der Waals surface area contributed by atoms with Crippen LogP contribution in [0, 0.1) is 18.8 Å². The lowest BCUT2D eigenvalue weighted by molar-refractivity contribution is 0.0987. The summed E-state index contributed by atoms with van der Waals surface area (Å²) < 4.78 is 4.90. The van der Waals surface area contributed by atoms with Gasteiger partial charge in [-0.05, 0) is 19.1 Å². The Kier molecular flexibility index (Phi) is 3.96. The lowest BCUT2D eigenvalue weighted by Crippen LogP contribution is -2.13. The van der Waals surface area contributed by atoms with Crippen molar-refractivity contribution < 1.29 is 9.32 Å². The van der Waals surface area contributed by atoms with E-state index in [4.69, 9.17) is 10.3 Å². The van der Waals surface area contributed by atoms with Crippen LogP contribution in [0.2, 0.25) is 0 Å². The summed E-state index contributed by atoms with van der Waals surface area (Å²) in [6, 6.07) is 7.24. The van der Waals surface area contributed by atoms with Crippen LogP contribution in [0.5, 0.6) is 0 Å². The average Bonchev–Trinajstić information content (AvgIpc) is 2.84. The SMILES string of the molecule is Cc1cnoc1C(=O)Nc1ccccc1C#CCN. The summed E-state index contributed by atoms with van der Waals surface area (Å²) in [5.41, 5.74) is 7.35. The summed E-state index contributed by atoms with van der Waals surface area (Å²) in [5.74, 6) is 5.50. The van der Waals surface area contributed by atoms with Crippen molar-refractivity contribution in [3.8, 4) is 11.8 Å². The van der Waals surface area contributed by atoms with Crippen molar-refractivity contribution in [1.82, 2.24) is 5.16 Å². The minimum atomic E-state index is -0.350. The third-order valence-electron chi connectivity index (χ3n) is 2.46. The smallest absolute Gasteiger partial charge is 0.294 e. The zero-order chi connectivity index (χ0) is 13.7. The highest BCUT2D eigenvalue weighted by Gasteiger charge is 2.15. The van der Waals surface area contributed by atoms with Gasteiger partial charge in [0.2, 0.25) is 5.76 Å². The molecule has 1 aromatic heterocycles. The van der Waals surface area contributed by atoms with Gasteiger partial charge >= 0.3 is 0 Å². The molecule has 0 saturated carbocycles. The van der Waals surface area contributed by atoms with Crippen LogP contribution in [0.4, 0.5) is 5.69 Å². The number of anilines is 1. The van der Waals surface area contributed by atoms with Crippen molar-refractivity contribution in [1.29, 1.82) is 0 Å². The van der Waals surface area contributed by atoms with Crippen LogP contribution in [0.15, 0.2) is 35.0 Å². The largest absolute Gasteiger partial charge is 0.351 e. The molecule has 0 unspecified atom stereocenters. The molecule has 0 fully saturated rings. The molecule has 3 N–H and O–H groups in total. The van der Waals surface area contributed by atoms with E-state index >= 15 is 0 Å². The minimum Gasteiger partial charge on any atom is -0.351 e. The molecule has 0 radical (unpaired) electrons. The Bertz CT molecular complexity index is 650. The summed E-state index contributed by atoms with van der Waals surface area (Å²) in [7, 11) is 0. The predicted octanol–water partition coefficient (Wildman–Crippen LogP) is 1.55. The molecule has 19 heavy (non-hydrogen) atoms. The number of benzene rings is 1. The molecule has 5 heteroatoms. The zero-order valence-electron chi connectivity index (χ0n) is 10.4. The number of para-hydroxylation sites is 1. The Morgan fingerprint density at radius 3 is 2.95 bits per heavy atom. The monoisotopic (exact) mass is 255 g/mol. The van der Waals surface area contributed by atoms with Crippen LogP contribution in [-0.4, -0.2) is 17.6 Å². The number of carbonyl (C=O) groups is 1. The van der Waals surface area contributed by atoms with E-state index in [1.54, 1.807) is 13.0 Å². The Morgan fingerprint density at radius 1 is 1.47 bits per heavy atom. The molecule has 2 aromatic rings. The topological polar surface area (TPSA) is 81.2 Å². The van der Waals surface area contributed by atoms with Crippen LogP contribution in [0.3, 0.4) is 0 Å². The van der Waals surface area contributed by atoms with Crippen LogP contribution in [0.1, 0.15) is 21.7 Å². The summed E-state index contributed by atoms with van der Waals surface area (Å²) in [6.07, 6.45) is 1.50. The molecule has 0 bridgehead atoms. The van der Waals surface area contributed by atoms with Crippen molar-refractivity contribution in [2.75, 3.05) is 11.9 Å². The second-order valence-electron chi connectivity index (χ2n) is 3.84. The third-order valence-corrected chi connectivity index (χ3v) is 2.46. The zero-order valence-corrected chi connectivity index (χ0v) is 10.4. The Hall–Kier alpha value is -2.58. The quantitative estimate of drug-likeness (QED) is 0.798. The number of nitrogens with zero attached hydrogens (tertiary/aromatic N) is 1. The first-order valence-corrected chi connectivity index (χ1v) is 5.73. The van der Waals surface area contributed by atoms with Crippen molar-refractivity contribution in [3.63, 3.8) is 0 Å². The van der Waals surface area contributed by atoms with E-state index < -0.39 is 0 Å². The molecule has 0 spiro atoms. The maximum absolute atomic E-state index is 12.0. The molecule has 1 aromatic carbocycles. The van der Waals surface area contributed by atoms with Gasteiger partial charge < -0.3 is 15.6 Å². The highest BCUT2D eigenvalue weighted by atomic mass is 16.5. The fourth-order valence-electron chi connectivity index (χ4n) is 1.54. The molecule has 0 aliphatic carbocycles. The second-order valence-corrected chi connectivity index (χ2v) is 3.84. The number of aromatic nitrogens is 1. The first kappa shape index (κ1) is 12.9. The molecule has 1 amide bonds. The predicted molar refractivity (Wildman–Crippen MR) is 71.6 cm³/mol. The van der Waals surface area contributed by atoms with Crippen molar-refractivity contribution in [2.24, 2.45) is 5.73 Å². The van der Waals surface area contributed by atoms with Crippen LogP contribution >= 0.6 is 0 Å². The lowest BCUT2D eigenvalue weighted by Gasteiger charge is -2.05. The van der Waals surface area contributed by atoms with Gasteiger partial charge in [-0.2, -0.15) is 0 Å². The maximum Gasteiger partial charge on any atom is 0.294 e. The number of hydrogen-bond acceptors (Lipinski definition) is 4. The number of amides is 1. The summed E-state index contributed by atoms with van der Waals surface area (Å²) in [6.45, 7) is 2.02. The standard InChI is InChI=1S/C14H13N3O2/c1-10-9-16-19-13(10)14(18)17-12-7-3-2-5-11(12)6-4-8-15/h2-3,5,7,9H,8,15H2,1H3,(H,17,18). The van der Waals surface area contributed by atoms with E-state index in [0.29, 0.717) is 16.8 Å². The first-order chi connectivity index (χ1) is 9.22. The fraction of sp³-hybridized carbons (Fsp3) is 0.143.